The Morgan fingerprint density at radius 3 is 2.64 bits per heavy atom. The van der Waals surface area contributed by atoms with Gasteiger partial charge < -0.3 is 14.5 Å². The molecule has 1 N–H and O–H groups in total. The summed E-state index contributed by atoms with van der Waals surface area (Å²) in [6, 6.07) is 5.41. The molecule has 0 amide bonds. The van der Waals surface area contributed by atoms with Crippen molar-refractivity contribution in [3.8, 4) is 0 Å². The van der Waals surface area contributed by atoms with Crippen LogP contribution in [0.3, 0.4) is 0 Å². The summed E-state index contributed by atoms with van der Waals surface area (Å²) in [6.07, 6.45) is 1.17. The van der Waals surface area contributed by atoms with Gasteiger partial charge in [0.15, 0.2) is 5.82 Å². The summed E-state index contributed by atoms with van der Waals surface area (Å²) in [5.41, 5.74) is 0.382. The minimum Gasteiger partial charge on any atom is -0.369 e. The molecule has 0 spiro atoms. The Balaban J connectivity index is 1.44. The van der Waals surface area contributed by atoms with Crippen LogP contribution in [0.5, 0.6) is 0 Å². The van der Waals surface area contributed by atoms with Crippen LogP contribution >= 0.6 is 23.5 Å². The SMILES string of the molecule is CN1CCC(C2CN(c3cc(F)c(SNc4cccc(F)n4)c(F)c3Cl)C2)C1. The highest BCUT2D eigenvalue weighted by Gasteiger charge is 2.37. The van der Waals surface area contributed by atoms with E-state index in [-0.39, 0.29) is 15.7 Å². The van der Waals surface area contributed by atoms with Crippen LogP contribution in [0.4, 0.5) is 24.7 Å². The maximum absolute atomic E-state index is 14.7. The van der Waals surface area contributed by atoms with E-state index in [0.29, 0.717) is 29.5 Å². The molecule has 9 heteroatoms. The Bertz CT molecular complexity index is 878. The minimum atomic E-state index is -0.824. The van der Waals surface area contributed by atoms with Crippen molar-refractivity contribution in [1.29, 1.82) is 0 Å². The Labute approximate surface area is 171 Å². The van der Waals surface area contributed by atoms with E-state index in [1.165, 1.54) is 30.7 Å². The highest BCUT2D eigenvalue weighted by atomic mass is 35.5. The lowest BCUT2D eigenvalue weighted by Crippen LogP contribution is -2.50. The molecule has 2 aromatic rings. The molecule has 2 fully saturated rings. The zero-order chi connectivity index (χ0) is 19.8. The summed E-state index contributed by atoms with van der Waals surface area (Å²) in [4.78, 5) is 7.57. The summed E-state index contributed by atoms with van der Waals surface area (Å²) in [7, 11) is 2.11. The molecule has 2 saturated heterocycles. The molecule has 0 radical (unpaired) electrons. The molecular weight excluding hydrogens is 409 g/mol. The Morgan fingerprint density at radius 1 is 1.18 bits per heavy atom. The molecule has 2 aliphatic heterocycles. The lowest BCUT2D eigenvalue weighted by Gasteiger charge is -2.44. The highest BCUT2D eigenvalue weighted by Crippen LogP contribution is 2.41. The molecule has 4 nitrogen and oxygen atoms in total. The van der Waals surface area contributed by atoms with Crippen LogP contribution in [-0.4, -0.2) is 43.1 Å². The molecule has 0 bridgehead atoms. The monoisotopic (exact) mass is 428 g/mol. The molecule has 0 saturated carbocycles. The van der Waals surface area contributed by atoms with Crippen molar-refractivity contribution in [2.75, 3.05) is 42.8 Å². The first-order chi connectivity index (χ1) is 13.4. The van der Waals surface area contributed by atoms with Crippen molar-refractivity contribution in [3.05, 3.63) is 46.9 Å². The largest absolute Gasteiger partial charge is 0.369 e. The zero-order valence-electron chi connectivity index (χ0n) is 15.3. The van der Waals surface area contributed by atoms with Gasteiger partial charge in [0, 0.05) is 25.7 Å². The molecule has 4 rings (SSSR count). The number of hydrogen-bond acceptors (Lipinski definition) is 5. The van der Waals surface area contributed by atoms with Crippen LogP contribution in [0.25, 0.3) is 0 Å². The van der Waals surface area contributed by atoms with Gasteiger partial charge >= 0.3 is 0 Å². The normalized spacial score (nSPS) is 20.5. The van der Waals surface area contributed by atoms with Gasteiger partial charge in [-0.2, -0.15) is 4.39 Å². The summed E-state index contributed by atoms with van der Waals surface area (Å²) in [5, 5.41) is -0.0973. The first-order valence-corrected chi connectivity index (χ1v) is 10.3. The van der Waals surface area contributed by atoms with Crippen molar-refractivity contribution >= 4 is 35.1 Å². The molecule has 1 aromatic carbocycles. The van der Waals surface area contributed by atoms with Crippen molar-refractivity contribution in [1.82, 2.24) is 9.88 Å². The van der Waals surface area contributed by atoms with Gasteiger partial charge in [-0.25, -0.2) is 13.8 Å². The predicted molar refractivity (Wildman–Crippen MR) is 106 cm³/mol. The molecule has 1 atom stereocenters. The van der Waals surface area contributed by atoms with Gasteiger partial charge in [0.2, 0.25) is 5.95 Å². The summed E-state index contributed by atoms with van der Waals surface area (Å²) in [5.74, 6) is -0.893. The van der Waals surface area contributed by atoms with Gasteiger partial charge in [0.05, 0.1) is 5.69 Å². The van der Waals surface area contributed by atoms with Crippen LogP contribution in [0.2, 0.25) is 5.02 Å². The second kappa shape index (κ2) is 8.00. The lowest BCUT2D eigenvalue weighted by atomic mass is 9.85. The van der Waals surface area contributed by atoms with Crippen LogP contribution in [-0.2, 0) is 0 Å². The Hall–Kier alpha value is -1.64. The second-order valence-electron chi connectivity index (χ2n) is 7.36. The number of hydrogen-bond donors (Lipinski definition) is 1. The van der Waals surface area contributed by atoms with Gasteiger partial charge in [-0.05, 0) is 55.9 Å². The fraction of sp³-hybridized carbons (Fsp3) is 0.421. The number of anilines is 2. The topological polar surface area (TPSA) is 31.4 Å². The summed E-state index contributed by atoms with van der Waals surface area (Å²) >= 11 is 6.89. The molecule has 1 aromatic heterocycles. The second-order valence-corrected chi connectivity index (χ2v) is 8.55. The third-order valence-electron chi connectivity index (χ3n) is 5.42. The Morgan fingerprint density at radius 2 is 1.96 bits per heavy atom. The van der Waals surface area contributed by atoms with E-state index in [4.69, 9.17) is 11.6 Å². The summed E-state index contributed by atoms with van der Waals surface area (Å²) in [6.45, 7) is 3.69. The van der Waals surface area contributed by atoms with E-state index >= 15 is 0 Å². The van der Waals surface area contributed by atoms with E-state index in [2.05, 4.69) is 21.7 Å². The molecule has 3 heterocycles. The minimum absolute atomic E-state index is 0.0973. The van der Waals surface area contributed by atoms with Gasteiger partial charge in [-0.15, -0.1) is 0 Å². The first-order valence-electron chi connectivity index (χ1n) is 9.08. The van der Waals surface area contributed by atoms with Gasteiger partial charge in [-0.3, -0.25) is 0 Å². The number of nitrogens with zero attached hydrogens (tertiary/aromatic N) is 3. The molecule has 28 heavy (non-hydrogen) atoms. The fourth-order valence-corrected chi connectivity index (χ4v) is 4.81. The number of rotatable bonds is 5. The highest BCUT2D eigenvalue weighted by molar-refractivity contribution is 8.00. The van der Waals surface area contributed by atoms with Gasteiger partial charge in [0.25, 0.3) is 0 Å². The van der Waals surface area contributed by atoms with Crippen LogP contribution in [0.1, 0.15) is 6.42 Å². The lowest BCUT2D eigenvalue weighted by molar-refractivity contribution is 0.269. The van der Waals surface area contributed by atoms with Crippen LogP contribution in [0, 0.1) is 29.4 Å². The van der Waals surface area contributed by atoms with E-state index in [9.17, 15) is 13.2 Å². The smallest absolute Gasteiger partial charge is 0.214 e. The molecule has 1 unspecified atom stereocenters. The first kappa shape index (κ1) is 19.7. The molecule has 0 aliphatic carbocycles. The van der Waals surface area contributed by atoms with Gasteiger partial charge in [-0.1, -0.05) is 17.7 Å². The van der Waals surface area contributed by atoms with Crippen LogP contribution in [0.15, 0.2) is 29.2 Å². The number of aromatic nitrogens is 1. The number of benzene rings is 1. The fourth-order valence-electron chi connectivity index (χ4n) is 3.82. The zero-order valence-corrected chi connectivity index (χ0v) is 16.8. The molecule has 2 aliphatic rings. The van der Waals surface area contributed by atoms with E-state index in [1.54, 1.807) is 0 Å². The van der Waals surface area contributed by atoms with Crippen molar-refractivity contribution in [2.24, 2.45) is 11.8 Å². The number of likely N-dealkylation sites (tertiary alicyclic amines) is 1. The van der Waals surface area contributed by atoms with E-state index in [0.717, 1.165) is 26.2 Å². The van der Waals surface area contributed by atoms with Crippen molar-refractivity contribution in [3.63, 3.8) is 0 Å². The van der Waals surface area contributed by atoms with Crippen LogP contribution < -0.4 is 9.62 Å². The van der Waals surface area contributed by atoms with E-state index < -0.39 is 17.6 Å². The van der Waals surface area contributed by atoms with E-state index in [1.807, 2.05) is 4.90 Å². The third kappa shape index (κ3) is 3.90. The quantitative estimate of drug-likeness (QED) is 0.425. The molecular formula is C19H20ClF3N4S. The number of pyridine rings is 1. The number of halogens is 4. The van der Waals surface area contributed by atoms with Crippen molar-refractivity contribution < 1.29 is 13.2 Å². The Kier molecular flexibility index (Phi) is 5.62. The number of nitrogens with one attached hydrogen (secondary N) is 1. The van der Waals surface area contributed by atoms with Crippen molar-refractivity contribution in [2.45, 2.75) is 11.3 Å². The maximum Gasteiger partial charge on any atom is 0.214 e. The predicted octanol–water partition coefficient (Wildman–Crippen LogP) is 4.66. The molecule has 150 valence electrons. The summed E-state index contributed by atoms with van der Waals surface area (Å²) < 4.78 is 45.0. The standard InChI is InChI=1S/C19H20ClF3N4S/c1-26-6-5-11(8-26)12-9-27(10-12)14-7-13(21)19(18(23)17(14)20)28-25-16-4-2-3-15(22)24-16/h2-4,7,11-12H,5-6,8-10H2,1H3,(H,24,25). The maximum atomic E-state index is 14.7. The average molecular weight is 429 g/mol. The average Bonchev–Trinajstić information content (AvgIpc) is 3.04. The third-order valence-corrected chi connectivity index (χ3v) is 6.66. The van der Waals surface area contributed by atoms with Gasteiger partial charge in [0.1, 0.15) is 21.6 Å².